The molecule has 10 nitrogen and oxygen atoms in total. The predicted octanol–water partition coefficient (Wildman–Crippen LogP) is 3.97. The van der Waals surface area contributed by atoms with E-state index in [0.29, 0.717) is 36.3 Å². The highest BCUT2D eigenvalue weighted by atomic mass is 35.5. The van der Waals surface area contributed by atoms with Crippen LogP contribution < -0.4 is 15.4 Å². The molecular weight excluding hydrogens is 625 g/mol. The monoisotopic (exact) mass is 663 g/mol. The van der Waals surface area contributed by atoms with E-state index in [1.165, 1.54) is 0 Å². The number of pyridine rings is 1. The highest BCUT2D eigenvalue weighted by Gasteiger charge is 2.41. The SMILES string of the molecule is COc1nc(-c2cccc(C3=CC=CC(NC(=O)c4nc5c(n4C)CCN(C)C5)C3(Cl)Cl)c2)ccc1CN1CC(CNC(C)=O)C1. The average Bonchev–Trinajstić information content (AvgIpc) is 3.34. The van der Waals surface area contributed by atoms with Crippen LogP contribution in [0.5, 0.6) is 5.88 Å². The number of amides is 2. The number of likely N-dealkylation sites (tertiary alicyclic amines) is 1. The third-order valence-electron chi connectivity index (χ3n) is 8.92. The smallest absolute Gasteiger partial charge is 0.287 e. The number of rotatable bonds is 9. The van der Waals surface area contributed by atoms with Gasteiger partial charge in [-0.1, -0.05) is 65.7 Å². The van der Waals surface area contributed by atoms with Gasteiger partial charge in [-0.25, -0.2) is 9.97 Å². The first-order valence-corrected chi connectivity index (χ1v) is 16.2. The van der Waals surface area contributed by atoms with Crippen molar-refractivity contribution in [3.8, 4) is 17.1 Å². The number of imidazole rings is 1. The lowest BCUT2D eigenvalue weighted by atomic mass is 9.91. The molecule has 1 aliphatic carbocycles. The third-order valence-corrected chi connectivity index (χ3v) is 9.80. The summed E-state index contributed by atoms with van der Waals surface area (Å²) >= 11 is 14.1. The number of alkyl halides is 2. The zero-order valence-corrected chi connectivity index (χ0v) is 28.0. The maximum absolute atomic E-state index is 13.4. The fourth-order valence-corrected chi connectivity index (χ4v) is 6.99. The van der Waals surface area contributed by atoms with Crippen molar-refractivity contribution in [2.45, 2.75) is 36.8 Å². The van der Waals surface area contributed by atoms with Crippen LogP contribution >= 0.6 is 23.2 Å². The van der Waals surface area contributed by atoms with Crippen molar-refractivity contribution in [1.82, 2.24) is 35.0 Å². The van der Waals surface area contributed by atoms with Crippen molar-refractivity contribution < 1.29 is 14.3 Å². The summed E-state index contributed by atoms with van der Waals surface area (Å²) in [7, 11) is 5.55. The van der Waals surface area contributed by atoms with Crippen LogP contribution in [-0.2, 0) is 31.4 Å². The van der Waals surface area contributed by atoms with E-state index >= 15 is 0 Å². The number of aromatic nitrogens is 3. The molecule has 1 fully saturated rings. The number of carbonyl (C=O) groups excluding carboxylic acids is 2. The maximum atomic E-state index is 13.4. The van der Waals surface area contributed by atoms with Crippen LogP contribution in [0.15, 0.2) is 54.6 Å². The van der Waals surface area contributed by atoms with E-state index in [0.717, 1.165) is 66.4 Å². The minimum absolute atomic E-state index is 0.00131. The summed E-state index contributed by atoms with van der Waals surface area (Å²) in [5, 5.41) is 5.91. The van der Waals surface area contributed by atoms with E-state index in [9.17, 15) is 9.59 Å². The molecule has 2 aliphatic heterocycles. The first-order valence-electron chi connectivity index (χ1n) is 15.5. The average molecular weight is 665 g/mol. The number of hydrogen-bond acceptors (Lipinski definition) is 7. The Balaban J connectivity index is 1.16. The molecule has 242 valence electrons. The first-order chi connectivity index (χ1) is 22.0. The molecule has 2 N–H and O–H groups in total. The van der Waals surface area contributed by atoms with Gasteiger partial charge in [-0.05, 0) is 30.3 Å². The minimum atomic E-state index is -1.43. The molecule has 1 unspecified atom stereocenters. The number of allylic oxidation sites excluding steroid dienone is 2. The molecule has 1 aromatic carbocycles. The molecule has 12 heteroatoms. The molecule has 2 aromatic heterocycles. The third kappa shape index (κ3) is 6.57. The van der Waals surface area contributed by atoms with Gasteiger partial charge in [-0.2, -0.15) is 0 Å². The summed E-state index contributed by atoms with van der Waals surface area (Å²) in [6, 6.07) is 11.2. The number of hydrogen-bond donors (Lipinski definition) is 2. The molecule has 3 aromatic rings. The van der Waals surface area contributed by atoms with Gasteiger partial charge < -0.3 is 24.8 Å². The Morgan fingerprint density at radius 1 is 1.11 bits per heavy atom. The Kier molecular flexibility index (Phi) is 9.25. The van der Waals surface area contributed by atoms with Gasteiger partial charge in [-0.3, -0.25) is 14.5 Å². The Hall–Kier alpha value is -3.70. The van der Waals surface area contributed by atoms with Gasteiger partial charge in [0.25, 0.3) is 5.91 Å². The van der Waals surface area contributed by atoms with Crippen LogP contribution in [0.4, 0.5) is 0 Å². The molecule has 2 amide bonds. The zero-order chi connectivity index (χ0) is 32.6. The number of halogens is 2. The highest BCUT2D eigenvalue weighted by molar-refractivity contribution is 6.55. The lowest BCUT2D eigenvalue weighted by molar-refractivity contribution is -0.119. The molecule has 1 atom stereocenters. The van der Waals surface area contributed by atoms with Crippen LogP contribution in [0.1, 0.15) is 40.1 Å². The highest BCUT2D eigenvalue weighted by Crippen LogP contribution is 2.43. The van der Waals surface area contributed by atoms with Crippen molar-refractivity contribution in [3.63, 3.8) is 0 Å². The van der Waals surface area contributed by atoms with E-state index in [1.807, 2.05) is 67.2 Å². The number of nitrogens with zero attached hydrogens (tertiary/aromatic N) is 5. The number of carbonyl (C=O) groups is 2. The number of methoxy groups -OCH3 is 1. The molecule has 6 rings (SSSR count). The van der Waals surface area contributed by atoms with Crippen molar-refractivity contribution in [3.05, 3.63) is 83.0 Å². The van der Waals surface area contributed by atoms with Crippen LogP contribution in [-0.4, -0.2) is 86.9 Å². The summed E-state index contributed by atoms with van der Waals surface area (Å²) in [5.41, 5.74) is 6.12. The van der Waals surface area contributed by atoms with E-state index in [4.69, 9.17) is 32.9 Å². The topological polar surface area (TPSA) is 105 Å². The number of fused-ring (bicyclic) bond motifs is 1. The van der Waals surface area contributed by atoms with Gasteiger partial charge in [0.2, 0.25) is 11.8 Å². The van der Waals surface area contributed by atoms with Gasteiger partial charge in [0, 0.05) is 82.4 Å². The van der Waals surface area contributed by atoms with E-state index in [1.54, 1.807) is 20.1 Å². The molecule has 4 heterocycles. The van der Waals surface area contributed by atoms with Gasteiger partial charge in [-0.15, -0.1) is 0 Å². The van der Waals surface area contributed by atoms with Gasteiger partial charge >= 0.3 is 0 Å². The number of likely N-dealkylation sites (N-methyl/N-ethyl adjacent to an activating group) is 1. The normalized spacial score (nSPS) is 19.6. The molecular formula is C34H39Cl2N7O3. The maximum Gasteiger partial charge on any atom is 0.287 e. The fourth-order valence-electron chi connectivity index (χ4n) is 6.39. The first kappa shape index (κ1) is 32.2. The van der Waals surface area contributed by atoms with Crippen LogP contribution in [0.2, 0.25) is 0 Å². The number of nitrogens with one attached hydrogen (secondary N) is 2. The molecule has 0 radical (unpaired) electrons. The summed E-state index contributed by atoms with van der Waals surface area (Å²) in [6.45, 7) is 6.42. The largest absolute Gasteiger partial charge is 0.481 e. The molecule has 3 aliphatic rings. The Morgan fingerprint density at radius 3 is 2.65 bits per heavy atom. The Morgan fingerprint density at radius 2 is 1.89 bits per heavy atom. The zero-order valence-electron chi connectivity index (χ0n) is 26.5. The van der Waals surface area contributed by atoms with Crippen molar-refractivity contribution in [1.29, 1.82) is 0 Å². The van der Waals surface area contributed by atoms with Crippen LogP contribution in [0, 0.1) is 5.92 Å². The van der Waals surface area contributed by atoms with E-state index in [2.05, 4.69) is 25.4 Å². The van der Waals surface area contributed by atoms with E-state index < -0.39 is 10.4 Å². The number of benzene rings is 1. The summed E-state index contributed by atoms with van der Waals surface area (Å²) in [6.07, 6.45) is 6.38. The Labute approximate surface area is 279 Å². The Bertz CT molecular complexity index is 1710. The summed E-state index contributed by atoms with van der Waals surface area (Å²) in [4.78, 5) is 38.6. The standard InChI is InChI=1S/C34H39Cl2N7O3/c1-21(44)37-16-22-17-43(18-22)19-25-11-12-27(39-33(25)46-4)24-8-5-7-23(15-24)26-9-6-10-30(34(26,35)36)40-32(45)31-38-28-20-41(2)14-13-29(28)42(31)3/h5-12,15,22,30H,13-14,16-20H2,1-4H3,(H,37,44)(H,40,45). The minimum Gasteiger partial charge on any atom is -0.481 e. The second-order valence-electron chi connectivity index (χ2n) is 12.4. The van der Waals surface area contributed by atoms with Crippen LogP contribution in [0.3, 0.4) is 0 Å². The van der Waals surface area contributed by atoms with Crippen LogP contribution in [0.25, 0.3) is 16.8 Å². The predicted molar refractivity (Wildman–Crippen MR) is 180 cm³/mol. The van der Waals surface area contributed by atoms with Crippen molar-refractivity contribution in [2.24, 2.45) is 13.0 Å². The summed E-state index contributed by atoms with van der Waals surface area (Å²) in [5.74, 6) is 1.05. The molecule has 0 spiro atoms. The van der Waals surface area contributed by atoms with Crippen molar-refractivity contribution >= 4 is 40.6 Å². The molecule has 0 saturated carbocycles. The van der Waals surface area contributed by atoms with E-state index in [-0.39, 0.29) is 11.8 Å². The van der Waals surface area contributed by atoms with Gasteiger partial charge in [0.05, 0.1) is 24.5 Å². The van der Waals surface area contributed by atoms with Crippen molar-refractivity contribution in [2.75, 3.05) is 40.3 Å². The second kappa shape index (κ2) is 13.2. The fraction of sp³-hybridized carbons (Fsp3) is 0.412. The quantitative estimate of drug-likeness (QED) is 0.334. The molecule has 46 heavy (non-hydrogen) atoms. The second-order valence-corrected chi connectivity index (χ2v) is 13.7. The summed E-state index contributed by atoms with van der Waals surface area (Å²) < 4.78 is 6.12. The van der Waals surface area contributed by atoms with Gasteiger partial charge in [0.1, 0.15) is 0 Å². The molecule has 0 bridgehead atoms. The lowest BCUT2D eigenvalue weighted by Crippen LogP contribution is -2.50. The van der Waals surface area contributed by atoms with Gasteiger partial charge in [0.15, 0.2) is 10.2 Å². The lowest BCUT2D eigenvalue weighted by Gasteiger charge is -2.39. The molecule has 1 saturated heterocycles. The number of ether oxygens (including phenoxy) is 1.